The van der Waals surface area contributed by atoms with Gasteiger partial charge in [-0.1, -0.05) is 30.3 Å². The molecule has 2 N–H and O–H groups in total. The largest absolute Gasteiger partial charge is 0.385 e. The van der Waals surface area contributed by atoms with Crippen molar-refractivity contribution in [2.45, 2.75) is 19.9 Å². The van der Waals surface area contributed by atoms with E-state index >= 15 is 0 Å². The molecule has 0 bridgehead atoms. The molecular formula is C17H19FN2O. The molecule has 0 saturated carbocycles. The second-order valence-corrected chi connectivity index (χ2v) is 4.79. The van der Waals surface area contributed by atoms with Gasteiger partial charge in [-0.25, -0.2) is 4.39 Å². The highest BCUT2D eigenvalue weighted by atomic mass is 19.1. The third kappa shape index (κ3) is 3.60. The Morgan fingerprint density at radius 3 is 2.52 bits per heavy atom. The fourth-order valence-electron chi connectivity index (χ4n) is 2.20. The predicted molar refractivity (Wildman–Crippen MR) is 82.9 cm³/mol. The molecule has 0 aromatic heterocycles. The second kappa shape index (κ2) is 6.88. The Morgan fingerprint density at radius 1 is 1.14 bits per heavy atom. The van der Waals surface area contributed by atoms with Crippen LogP contribution in [0.15, 0.2) is 48.5 Å². The van der Waals surface area contributed by atoms with Crippen LogP contribution in [0.2, 0.25) is 0 Å². The maximum Gasteiger partial charge on any atom is 0.253 e. The number of carbonyl (C=O) groups excluding carboxylic acids is 1. The summed E-state index contributed by atoms with van der Waals surface area (Å²) in [6.07, 6.45) is 0. The molecule has 2 rings (SSSR count). The summed E-state index contributed by atoms with van der Waals surface area (Å²) in [5.74, 6) is -0.535. The SMILES string of the molecule is CCNc1ccccc1C(=O)N[C@H](C)c1ccccc1F. The van der Waals surface area contributed by atoms with Crippen LogP contribution in [0.1, 0.15) is 35.8 Å². The first-order valence-electron chi connectivity index (χ1n) is 7.01. The minimum Gasteiger partial charge on any atom is -0.385 e. The highest BCUT2D eigenvalue weighted by molar-refractivity contribution is 5.99. The smallest absolute Gasteiger partial charge is 0.253 e. The van der Waals surface area contributed by atoms with Crippen LogP contribution < -0.4 is 10.6 Å². The van der Waals surface area contributed by atoms with Crippen LogP contribution in [0.5, 0.6) is 0 Å². The van der Waals surface area contributed by atoms with Crippen molar-refractivity contribution in [1.82, 2.24) is 5.32 Å². The van der Waals surface area contributed by atoms with Crippen LogP contribution in [0, 0.1) is 5.82 Å². The van der Waals surface area contributed by atoms with E-state index in [9.17, 15) is 9.18 Å². The van der Waals surface area contributed by atoms with Gasteiger partial charge < -0.3 is 10.6 Å². The lowest BCUT2D eigenvalue weighted by Gasteiger charge is -2.17. The molecule has 0 aliphatic heterocycles. The van der Waals surface area contributed by atoms with E-state index in [4.69, 9.17) is 0 Å². The van der Waals surface area contributed by atoms with Crippen LogP contribution >= 0.6 is 0 Å². The van der Waals surface area contributed by atoms with E-state index < -0.39 is 6.04 Å². The summed E-state index contributed by atoms with van der Waals surface area (Å²) in [7, 11) is 0. The first-order valence-corrected chi connectivity index (χ1v) is 7.01. The molecule has 4 heteroatoms. The first kappa shape index (κ1) is 15.0. The van der Waals surface area contributed by atoms with Crippen molar-refractivity contribution in [3.05, 3.63) is 65.5 Å². The minimum absolute atomic E-state index is 0.220. The van der Waals surface area contributed by atoms with Gasteiger partial charge in [-0.2, -0.15) is 0 Å². The summed E-state index contributed by atoms with van der Waals surface area (Å²) < 4.78 is 13.7. The van der Waals surface area contributed by atoms with Gasteiger partial charge in [-0.05, 0) is 32.0 Å². The Morgan fingerprint density at radius 2 is 1.81 bits per heavy atom. The van der Waals surface area contributed by atoms with Gasteiger partial charge in [0, 0.05) is 17.8 Å². The number of carbonyl (C=O) groups is 1. The third-order valence-corrected chi connectivity index (χ3v) is 3.26. The molecule has 110 valence electrons. The Kier molecular flexibility index (Phi) is 4.93. The van der Waals surface area contributed by atoms with Gasteiger partial charge >= 0.3 is 0 Å². The standard InChI is InChI=1S/C17H19FN2O/c1-3-19-16-11-7-5-9-14(16)17(21)20-12(2)13-8-4-6-10-15(13)18/h4-12,19H,3H2,1-2H3,(H,20,21)/t12-/m1/s1. The number of nitrogens with one attached hydrogen (secondary N) is 2. The summed E-state index contributed by atoms with van der Waals surface area (Å²) in [4.78, 5) is 12.4. The highest BCUT2D eigenvalue weighted by Gasteiger charge is 2.16. The van der Waals surface area contributed by atoms with Gasteiger partial charge in [0.05, 0.1) is 11.6 Å². The number of rotatable bonds is 5. The molecule has 0 radical (unpaired) electrons. The van der Waals surface area contributed by atoms with Crippen molar-refractivity contribution in [3.8, 4) is 0 Å². The number of para-hydroxylation sites is 1. The van der Waals surface area contributed by atoms with E-state index in [1.165, 1.54) is 6.07 Å². The Labute approximate surface area is 124 Å². The van der Waals surface area contributed by atoms with E-state index in [0.717, 1.165) is 12.2 Å². The zero-order valence-corrected chi connectivity index (χ0v) is 12.2. The molecule has 0 unspecified atom stereocenters. The lowest BCUT2D eigenvalue weighted by atomic mass is 10.1. The topological polar surface area (TPSA) is 41.1 Å². The highest BCUT2D eigenvalue weighted by Crippen LogP contribution is 2.19. The van der Waals surface area contributed by atoms with Crippen molar-refractivity contribution in [1.29, 1.82) is 0 Å². The summed E-state index contributed by atoms with van der Waals surface area (Å²) in [6.45, 7) is 4.47. The molecule has 2 aromatic carbocycles. The Hall–Kier alpha value is -2.36. The molecule has 2 aromatic rings. The average Bonchev–Trinajstić information content (AvgIpc) is 2.48. The van der Waals surface area contributed by atoms with E-state index in [1.54, 1.807) is 31.2 Å². The molecule has 3 nitrogen and oxygen atoms in total. The van der Waals surface area contributed by atoms with Gasteiger partial charge in [0.15, 0.2) is 0 Å². The van der Waals surface area contributed by atoms with Crippen LogP contribution in [0.4, 0.5) is 10.1 Å². The lowest BCUT2D eigenvalue weighted by Crippen LogP contribution is -2.28. The number of benzene rings is 2. The monoisotopic (exact) mass is 286 g/mol. The summed E-state index contributed by atoms with van der Waals surface area (Å²) in [6, 6.07) is 13.3. The fourth-order valence-corrected chi connectivity index (χ4v) is 2.20. The number of hydrogen-bond acceptors (Lipinski definition) is 2. The van der Waals surface area contributed by atoms with Crippen LogP contribution in [-0.4, -0.2) is 12.5 Å². The Bertz CT molecular complexity index is 628. The molecule has 0 heterocycles. The number of amides is 1. The fraction of sp³-hybridized carbons (Fsp3) is 0.235. The molecular weight excluding hydrogens is 267 g/mol. The zero-order valence-electron chi connectivity index (χ0n) is 12.2. The first-order chi connectivity index (χ1) is 10.1. The molecule has 0 aliphatic rings. The zero-order chi connectivity index (χ0) is 15.2. The lowest BCUT2D eigenvalue weighted by molar-refractivity contribution is 0.0940. The molecule has 1 atom stereocenters. The van der Waals surface area contributed by atoms with Crippen molar-refractivity contribution in [2.24, 2.45) is 0 Å². The van der Waals surface area contributed by atoms with Gasteiger partial charge in [0.1, 0.15) is 5.82 Å². The van der Waals surface area contributed by atoms with Crippen LogP contribution in [0.25, 0.3) is 0 Å². The van der Waals surface area contributed by atoms with E-state index in [2.05, 4.69) is 10.6 Å². The minimum atomic E-state index is -0.395. The predicted octanol–water partition coefficient (Wildman–Crippen LogP) is 3.75. The maximum absolute atomic E-state index is 13.7. The third-order valence-electron chi connectivity index (χ3n) is 3.26. The van der Waals surface area contributed by atoms with E-state index in [0.29, 0.717) is 11.1 Å². The summed E-state index contributed by atoms with van der Waals surface area (Å²) >= 11 is 0. The number of halogens is 1. The molecule has 0 aliphatic carbocycles. The maximum atomic E-state index is 13.7. The quantitative estimate of drug-likeness (QED) is 0.879. The van der Waals surface area contributed by atoms with Crippen molar-refractivity contribution >= 4 is 11.6 Å². The van der Waals surface area contributed by atoms with Gasteiger partial charge in [0.2, 0.25) is 0 Å². The van der Waals surface area contributed by atoms with Crippen molar-refractivity contribution < 1.29 is 9.18 Å². The number of hydrogen-bond donors (Lipinski definition) is 2. The van der Waals surface area contributed by atoms with Crippen LogP contribution in [0.3, 0.4) is 0 Å². The van der Waals surface area contributed by atoms with Gasteiger partial charge in [0.25, 0.3) is 5.91 Å². The summed E-state index contributed by atoms with van der Waals surface area (Å²) in [5.41, 5.74) is 1.81. The van der Waals surface area contributed by atoms with E-state index in [-0.39, 0.29) is 11.7 Å². The molecule has 21 heavy (non-hydrogen) atoms. The molecule has 0 fully saturated rings. The molecule has 1 amide bonds. The van der Waals surface area contributed by atoms with Gasteiger partial charge in [-0.15, -0.1) is 0 Å². The van der Waals surface area contributed by atoms with Crippen molar-refractivity contribution in [3.63, 3.8) is 0 Å². The number of anilines is 1. The average molecular weight is 286 g/mol. The molecule has 0 spiro atoms. The Balaban J connectivity index is 2.17. The van der Waals surface area contributed by atoms with E-state index in [1.807, 2.05) is 25.1 Å². The normalized spacial score (nSPS) is 11.8. The molecule has 0 saturated heterocycles. The second-order valence-electron chi connectivity index (χ2n) is 4.79. The summed E-state index contributed by atoms with van der Waals surface area (Å²) in [5, 5.41) is 5.98. The van der Waals surface area contributed by atoms with Crippen LogP contribution in [-0.2, 0) is 0 Å². The van der Waals surface area contributed by atoms with Gasteiger partial charge in [-0.3, -0.25) is 4.79 Å². The van der Waals surface area contributed by atoms with Crippen molar-refractivity contribution in [2.75, 3.05) is 11.9 Å².